The molecule has 114 valence electrons. The topological polar surface area (TPSA) is 61.4 Å². The van der Waals surface area contributed by atoms with Crippen molar-refractivity contribution in [3.63, 3.8) is 0 Å². The SMILES string of the molecule is Cc1ccc(C(=O)O)cc1NC(=S)Nc1ccc(F)cc1F. The number of thiocarbonyl (C=S) groups is 1. The molecule has 7 heteroatoms. The maximum absolute atomic E-state index is 13.5. The summed E-state index contributed by atoms with van der Waals surface area (Å²) in [6, 6.07) is 7.59. The van der Waals surface area contributed by atoms with Gasteiger partial charge >= 0.3 is 5.97 Å². The van der Waals surface area contributed by atoms with Crippen LogP contribution in [0.25, 0.3) is 0 Å². The minimum atomic E-state index is -1.06. The zero-order valence-electron chi connectivity index (χ0n) is 11.5. The Morgan fingerprint density at radius 2 is 1.77 bits per heavy atom. The molecule has 22 heavy (non-hydrogen) atoms. The van der Waals surface area contributed by atoms with E-state index in [1.807, 2.05) is 0 Å². The van der Waals surface area contributed by atoms with E-state index in [0.717, 1.165) is 17.7 Å². The molecule has 2 aromatic carbocycles. The molecule has 0 aromatic heterocycles. The van der Waals surface area contributed by atoms with Crippen LogP contribution in [-0.4, -0.2) is 16.2 Å². The van der Waals surface area contributed by atoms with Crippen molar-refractivity contribution in [3.8, 4) is 0 Å². The second kappa shape index (κ2) is 6.48. The van der Waals surface area contributed by atoms with Gasteiger partial charge in [0, 0.05) is 11.8 Å². The third-order valence-electron chi connectivity index (χ3n) is 2.91. The van der Waals surface area contributed by atoms with Crippen molar-refractivity contribution in [1.29, 1.82) is 0 Å². The van der Waals surface area contributed by atoms with Crippen molar-refractivity contribution in [2.24, 2.45) is 0 Å². The first-order chi connectivity index (χ1) is 10.4. The van der Waals surface area contributed by atoms with Crippen LogP contribution in [0.4, 0.5) is 20.2 Å². The maximum atomic E-state index is 13.5. The summed E-state index contributed by atoms with van der Waals surface area (Å²) in [5.41, 5.74) is 1.38. The first-order valence-electron chi connectivity index (χ1n) is 6.24. The summed E-state index contributed by atoms with van der Waals surface area (Å²) in [6.45, 7) is 1.77. The Bertz CT molecular complexity index is 750. The van der Waals surface area contributed by atoms with Gasteiger partial charge in [0.1, 0.15) is 11.6 Å². The van der Waals surface area contributed by atoms with Gasteiger partial charge in [0.05, 0.1) is 11.3 Å². The van der Waals surface area contributed by atoms with E-state index in [-0.39, 0.29) is 16.4 Å². The molecule has 0 saturated heterocycles. The van der Waals surface area contributed by atoms with Gasteiger partial charge in [0.25, 0.3) is 0 Å². The van der Waals surface area contributed by atoms with Crippen LogP contribution in [0.2, 0.25) is 0 Å². The lowest BCUT2D eigenvalue weighted by atomic mass is 10.1. The molecular formula is C15H12F2N2O2S. The van der Waals surface area contributed by atoms with E-state index >= 15 is 0 Å². The van der Waals surface area contributed by atoms with Crippen LogP contribution in [0.1, 0.15) is 15.9 Å². The first kappa shape index (κ1) is 15.8. The lowest BCUT2D eigenvalue weighted by Gasteiger charge is -2.13. The number of hydrogen-bond acceptors (Lipinski definition) is 2. The molecule has 0 aliphatic heterocycles. The molecule has 0 aliphatic rings. The van der Waals surface area contributed by atoms with Crippen molar-refractivity contribution < 1.29 is 18.7 Å². The average Bonchev–Trinajstić information content (AvgIpc) is 2.44. The number of carboxylic acids is 1. The predicted molar refractivity (Wildman–Crippen MR) is 84.3 cm³/mol. The van der Waals surface area contributed by atoms with Gasteiger partial charge in [-0.25, -0.2) is 13.6 Å². The van der Waals surface area contributed by atoms with Gasteiger partial charge in [-0.15, -0.1) is 0 Å². The van der Waals surface area contributed by atoms with Gasteiger partial charge in [0.2, 0.25) is 0 Å². The van der Waals surface area contributed by atoms with Crippen molar-refractivity contribution >= 4 is 34.7 Å². The summed E-state index contributed by atoms with van der Waals surface area (Å²) in [6.07, 6.45) is 0. The van der Waals surface area contributed by atoms with Crippen molar-refractivity contribution in [2.45, 2.75) is 6.92 Å². The quantitative estimate of drug-likeness (QED) is 0.751. The fourth-order valence-corrected chi connectivity index (χ4v) is 1.98. The Hall–Kier alpha value is -2.54. The monoisotopic (exact) mass is 322 g/mol. The van der Waals surface area contributed by atoms with E-state index in [9.17, 15) is 13.6 Å². The largest absolute Gasteiger partial charge is 0.478 e. The van der Waals surface area contributed by atoms with Gasteiger partial charge in [0.15, 0.2) is 5.11 Å². The van der Waals surface area contributed by atoms with Gasteiger partial charge in [-0.3, -0.25) is 0 Å². The fraction of sp³-hybridized carbons (Fsp3) is 0.0667. The van der Waals surface area contributed by atoms with Crippen LogP contribution in [0.15, 0.2) is 36.4 Å². The standard InChI is InChI=1S/C15H12F2N2O2S/c1-8-2-3-9(14(20)21)6-13(8)19-15(22)18-12-5-4-10(16)7-11(12)17/h2-7H,1H3,(H,20,21)(H2,18,19,22). The maximum Gasteiger partial charge on any atom is 0.335 e. The second-order valence-electron chi connectivity index (χ2n) is 4.54. The van der Waals surface area contributed by atoms with Gasteiger partial charge in [-0.2, -0.15) is 0 Å². The lowest BCUT2D eigenvalue weighted by Crippen LogP contribution is -2.20. The highest BCUT2D eigenvalue weighted by Gasteiger charge is 2.09. The molecule has 0 saturated carbocycles. The average molecular weight is 322 g/mol. The molecule has 0 fully saturated rings. The third kappa shape index (κ3) is 3.76. The minimum Gasteiger partial charge on any atom is -0.478 e. The Balaban J connectivity index is 2.15. The van der Waals surface area contributed by atoms with E-state index in [1.165, 1.54) is 18.2 Å². The van der Waals surface area contributed by atoms with Crippen LogP contribution < -0.4 is 10.6 Å². The van der Waals surface area contributed by atoms with E-state index < -0.39 is 17.6 Å². The third-order valence-corrected chi connectivity index (χ3v) is 3.12. The number of halogens is 2. The molecule has 0 aliphatic carbocycles. The molecule has 0 radical (unpaired) electrons. The van der Waals surface area contributed by atoms with Crippen LogP contribution in [0, 0.1) is 18.6 Å². The number of aryl methyl sites for hydroxylation is 1. The molecule has 0 bridgehead atoms. The Morgan fingerprint density at radius 1 is 1.09 bits per heavy atom. The van der Waals surface area contributed by atoms with Gasteiger partial charge < -0.3 is 15.7 Å². The van der Waals surface area contributed by atoms with Crippen LogP contribution >= 0.6 is 12.2 Å². The highest BCUT2D eigenvalue weighted by Crippen LogP contribution is 2.19. The molecule has 2 rings (SSSR count). The van der Waals surface area contributed by atoms with E-state index in [4.69, 9.17) is 17.3 Å². The van der Waals surface area contributed by atoms with E-state index in [0.29, 0.717) is 5.69 Å². The van der Waals surface area contributed by atoms with E-state index in [2.05, 4.69) is 10.6 Å². The van der Waals surface area contributed by atoms with Crippen LogP contribution in [0.3, 0.4) is 0 Å². The number of aromatic carboxylic acids is 1. The minimum absolute atomic E-state index is 0.0194. The zero-order valence-corrected chi connectivity index (χ0v) is 12.3. The molecule has 0 amide bonds. The zero-order chi connectivity index (χ0) is 16.3. The summed E-state index contributed by atoms with van der Waals surface area (Å²) in [5.74, 6) is -2.53. The Labute approximate surface area is 130 Å². The van der Waals surface area contributed by atoms with Crippen LogP contribution in [0.5, 0.6) is 0 Å². The van der Waals surface area contributed by atoms with E-state index in [1.54, 1.807) is 13.0 Å². The number of benzene rings is 2. The molecule has 3 N–H and O–H groups in total. The molecule has 0 heterocycles. The number of rotatable bonds is 3. The van der Waals surface area contributed by atoms with Gasteiger partial charge in [-0.1, -0.05) is 6.07 Å². The molecule has 4 nitrogen and oxygen atoms in total. The van der Waals surface area contributed by atoms with Crippen molar-refractivity contribution in [3.05, 3.63) is 59.2 Å². The summed E-state index contributed by atoms with van der Waals surface area (Å²) < 4.78 is 26.4. The molecule has 0 spiro atoms. The summed E-state index contributed by atoms with van der Waals surface area (Å²) in [7, 11) is 0. The normalized spacial score (nSPS) is 10.1. The number of carboxylic acid groups (broad SMARTS) is 1. The first-order valence-corrected chi connectivity index (χ1v) is 6.64. The summed E-state index contributed by atoms with van der Waals surface area (Å²) in [4.78, 5) is 11.0. The number of carbonyl (C=O) groups is 1. The molecule has 0 unspecified atom stereocenters. The Morgan fingerprint density at radius 3 is 2.41 bits per heavy atom. The summed E-state index contributed by atoms with van der Waals surface area (Å²) in [5, 5.41) is 14.4. The smallest absolute Gasteiger partial charge is 0.335 e. The molecule has 0 atom stereocenters. The predicted octanol–water partition coefficient (Wildman–Crippen LogP) is 3.78. The number of nitrogens with one attached hydrogen (secondary N) is 2. The van der Waals surface area contributed by atoms with Gasteiger partial charge in [-0.05, 0) is 49.0 Å². The lowest BCUT2D eigenvalue weighted by molar-refractivity contribution is 0.0697. The molecule has 2 aromatic rings. The number of anilines is 2. The second-order valence-corrected chi connectivity index (χ2v) is 4.95. The number of hydrogen-bond donors (Lipinski definition) is 3. The highest BCUT2D eigenvalue weighted by molar-refractivity contribution is 7.80. The Kier molecular flexibility index (Phi) is 4.67. The van der Waals surface area contributed by atoms with Crippen LogP contribution in [-0.2, 0) is 0 Å². The summed E-state index contributed by atoms with van der Waals surface area (Å²) >= 11 is 5.05. The van der Waals surface area contributed by atoms with Crippen molar-refractivity contribution in [2.75, 3.05) is 10.6 Å². The van der Waals surface area contributed by atoms with Crippen molar-refractivity contribution in [1.82, 2.24) is 0 Å². The highest BCUT2D eigenvalue weighted by atomic mass is 32.1. The molecular weight excluding hydrogens is 310 g/mol. The fourth-order valence-electron chi connectivity index (χ4n) is 1.76.